The molecule has 0 unspecified atom stereocenters. The van der Waals surface area contributed by atoms with E-state index in [0.717, 1.165) is 43.0 Å². The molecule has 5 nitrogen and oxygen atoms in total. The largest absolute Gasteiger partial charge is 0.369 e. The zero-order valence-corrected chi connectivity index (χ0v) is 10.2. The summed E-state index contributed by atoms with van der Waals surface area (Å²) in [5.41, 5.74) is 2.93. The first-order valence-corrected chi connectivity index (χ1v) is 5.81. The van der Waals surface area contributed by atoms with Gasteiger partial charge in [0.2, 0.25) is 0 Å². The number of nitrogens with one attached hydrogen (secondary N) is 1. The van der Waals surface area contributed by atoms with Crippen LogP contribution in [-0.2, 0) is 0 Å². The number of piperazine rings is 1. The van der Waals surface area contributed by atoms with E-state index >= 15 is 0 Å². The molecular weight excluding hydrogens is 218 g/mol. The van der Waals surface area contributed by atoms with E-state index in [2.05, 4.69) is 10.2 Å². The molecule has 0 aliphatic carbocycles. The molecule has 1 aromatic carbocycles. The third-order valence-electron chi connectivity index (χ3n) is 3.15. The number of benzene rings is 1. The molecule has 17 heavy (non-hydrogen) atoms. The Morgan fingerprint density at radius 3 is 2.53 bits per heavy atom. The van der Waals surface area contributed by atoms with E-state index in [1.807, 2.05) is 19.9 Å². The van der Waals surface area contributed by atoms with Gasteiger partial charge in [0.1, 0.15) is 0 Å². The number of hydrogen-bond donors (Lipinski definition) is 1. The van der Waals surface area contributed by atoms with Crippen LogP contribution in [0.4, 0.5) is 11.4 Å². The minimum absolute atomic E-state index is 0.221. The van der Waals surface area contributed by atoms with Gasteiger partial charge in [0.25, 0.3) is 5.69 Å². The van der Waals surface area contributed by atoms with Crippen molar-refractivity contribution in [3.63, 3.8) is 0 Å². The highest BCUT2D eigenvalue weighted by atomic mass is 16.6. The average molecular weight is 235 g/mol. The molecule has 0 bridgehead atoms. The minimum atomic E-state index is -0.298. The second kappa shape index (κ2) is 4.71. The standard InChI is InChI=1S/C12H17N3O2/c1-9-7-11(14-5-3-13-4-6-14)10(2)12(8-9)15(16)17/h7-8,13H,3-6H2,1-2H3. The van der Waals surface area contributed by atoms with Crippen LogP contribution >= 0.6 is 0 Å². The molecule has 0 saturated carbocycles. The molecule has 92 valence electrons. The highest BCUT2D eigenvalue weighted by molar-refractivity contribution is 5.63. The molecular formula is C12H17N3O2. The topological polar surface area (TPSA) is 58.4 Å². The SMILES string of the molecule is Cc1cc(N2CCNCC2)c(C)c([N+](=O)[O-])c1. The van der Waals surface area contributed by atoms with Gasteiger partial charge in [-0.15, -0.1) is 0 Å². The monoisotopic (exact) mass is 235 g/mol. The van der Waals surface area contributed by atoms with Crippen molar-refractivity contribution < 1.29 is 4.92 Å². The average Bonchev–Trinajstić information content (AvgIpc) is 2.32. The number of hydrogen-bond acceptors (Lipinski definition) is 4. The molecule has 0 spiro atoms. The highest BCUT2D eigenvalue weighted by Gasteiger charge is 2.19. The van der Waals surface area contributed by atoms with Crippen molar-refractivity contribution in [1.29, 1.82) is 0 Å². The Bertz CT molecular complexity index is 440. The maximum Gasteiger partial charge on any atom is 0.274 e. The first-order chi connectivity index (χ1) is 8.09. The fraction of sp³-hybridized carbons (Fsp3) is 0.500. The number of anilines is 1. The Labute approximate surface area is 101 Å². The summed E-state index contributed by atoms with van der Waals surface area (Å²) in [5, 5.41) is 14.3. The van der Waals surface area contributed by atoms with Crippen LogP contribution in [0.1, 0.15) is 11.1 Å². The number of nitrogens with zero attached hydrogens (tertiary/aromatic N) is 2. The van der Waals surface area contributed by atoms with Gasteiger partial charge >= 0.3 is 0 Å². The first kappa shape index (κ1) is 11.9. The second-order valence-corrected chi connectivity index (χ2v) is 4.42. The molecule has 2 rings (SSSR count). The van der Waals surface area contributed by atoms with Crippen LogP contribution in [0.2, 0.25) is 0 Å². The molecule has 5 heteroatoms. The molecule has 1 aliphatic heterocycles. The molecule has 1 aromatic rings. The van der Waals surface area contributed by atoms with Gasteiger partial charge in [0.05, 0.1) is 10.5 Å². The van der Waals surface area contributed by atoms with E-state index in [9.17, 15) is 10.1 Å². The van der Waals surface area contributed by atoms with Gasteiger partial charge in [0, 0.05) is 37.9 Å². The van der Waals surface area contributed by atoms with Crippen LogP contribution in [0, 0.1) is 24.0 Å². The third-order valence-corrected chi connectivity index (χ3v) is 3.15. The van der Waals surface area contributed by atoms with Gasteiger partial charge in [-0.05, 0) is 25.5 Å². The lowest BCUT2D eigenvalue weighted by Gasteiger charge is -2.30. The van der Waals surface area contributed by atoms with E-state index in [4.69, 9.17) is 0 Å². The zero-order chi connectivity index (χ0) is 12.4. The van der Waals surface area contributed by atoms with E-state index < -0.39 is 0 Å². The minimum Gasteiger partial charge on any atom is -0.369 e. The Morgan fingerprint density at radius 1 is 1.29 bits per heavy atom. The zero-order valence-electron chi connectivity index (χ0n) is 10.2. The molecule has 0 atom stereocenters. The summed E-state index contributed by atoms with van der Waals surface area (Å²) in [6.07, 6.45) is 0. The lowest BCUT2D eigenvalue weighted by atomic mass is 10.1. The fourth-order valence-electron chi connectivity index (χ4n) is 2.24. The van der Waals surface area contributed by atoms with E-state index in [0.29, 0.717) is 0 Å². The van der Waals surface area contributed by atoms with E-state index in [1.54, 1.807) is 6.07 Å². The van der Waals surface area contributed by atoms with Crippen LogP contribution in [-0.4, -0.2) is 31.1 Å². The van der Waals surface area contributed by atoms with Crippen LogP contribution in [0.5, 0.6) is 0 Å². The Balaban J connectivity index is 2.41. The van der Waals surface area contributed by atoms with Crippen molar-refractivity contribution in [1.82, 2.24) is 5.32 Å². The molecule has 1 heterocycles. The van der Waals surface area contributed by atoms with Gasteiger partial charge in [-0.1, -0.05) is 0 Å². The summed E-state index contributed by atoms with van der Waals surface area (Å²) in [6, 6.07) is 3.68. The van der Waals surface area contributed by atoms with Crippen LogP contribution < -0.4 is 10.2 Å². The molecule has 1 aliphatic rings. The smallest absolute Gasteiger partial charge is 0.274 e. The number of rotatable bonds is 2. The number of nitro benzene ring substituents is 1. The van der Waals surface area contributed by atoms with Crippen molar-refractivity contribution in [2.45, 2.75) is 13.8 Å². The summed E-state index contributed by atoms with van der Waals surface area (Å²) in [5.74, 6) is 0. The fourth-order valence-corrected chi connectivity index (χ4v) is 2.24. The van der Waals surface area contributed by atoms with Crippen LogP contribution in [0.15, 0.2) is 12.1 Å². The van der Waals surface area contributed by atoms with Crippen molar-refractivity contribution >= 4 is 11.4 Å². The maximum atomic E-state index is 11.0. The third kappa shape index (κ3) is 2.39. The van der Waals surface area contributed by atoms with E-state index in [-0.39, 0.29) is 10.6 Å². The molecule has 0 amide bonds. The van der Waals surface area contributed by atoms with E-state index in [1.165, 1.54) is 0 Å². The van der Waals surface area contributed by atoms with Gasteiger partial charge in [-0.3, -0.25) is 10.1 Å². The quantitative estimate of drug-likeness (QED) is 0.625. The molecule has 1 fully saturated rings. The Morgan fingerprint density at radius 2 is 1.94 bits per heavy atom. The molecule has 1 N–H and O–H groups in total. The van der Waals surface area contributed by atoms with Crippen LogP contribution in [0.3, 0.4) is 0 Å². The summed E-state index contributed by atoms with van der Waals surface area (Å²) in [4.78, 5) is 12.9. The van der Waals surface area contributed by atoms with Crippen molar-refractivity contribution in [2.24, 2.45) is 0 Å². The molecule has 1 saturated heterocycles. The lowest BCUT2D eigenvalue weighted by molar-refractivity contribution is -0.385. The summed E-state index contributed by atoms with van der Waals surface area (Å²) in [6.45, 7) is 7.40. The predicted octanol–water partition coefficient (Wildman–Crippen LogP) is 1.62. The number of aryl methyl sites for hydroxylation is 1. The van der Waals surface area contributed by atoms with Crippen molar-refractivity contribution in [2.75, 3.05) is 31.1 Å². The highest BCUT2D eigenvalue weighted by Crippen LogP contribution is 2.30. The van der Waals surface area contributed by atoms with Crippen LogP contribution in [0.25, 0.3) is 0 Å². The summed E-state index contributed by atoms with van der Waals surface area (Å²) in [7, 11) is 0. The van der Waals surface area contributed by atoms with Crippen molar-refractivity contribution in [3.8, 4) is 0 Å². The summed E-state index contributed by atoms with van der Waals surface area (Å²) >= 11 is 0. The molecule has 0 radical (unpaired) electrons. The maximum absolute atomic E-state index is 11.0. The predicted molar refractivity (Wildman–Crippen MR) is 67.7 cm³/mol. The second-order valence-electron chi connectivity index (χ2n) is 4.42. The van der Waals surface area contributed by atoms with Crippen molar-refractivity contribution in [3.05, 3.63) is 33.4 Å². The first-order valence-electron chi connectivity index (χ1n) is 5.81. The summed E-state index contributed by atoms with van der Waals surface area (Å²) < 4.78 is 0. The van der Waals surface area contributed by atoms with Gasteiger partial charge in [-0.25, -0.2) is 0 Å². The van der Waals surface area contributed by atoms with Gasteiger partial charge in [-0.2, -0.15) is 0 Å². The van der Waals surface area contributed by atoms with Gasteiger partial charge in [0.15, 0.2) is 0 Å². The molecule has 0 aromatic heterocycles. The Kier molecular flexibility index (Phi) is 3.28. The normalized spacial score (nSPS) is 16.0. The van der Waals surface area contributed by atoms with Gasteiger partial charge < -0.3 is 10.2 Å². The number of nitro groups is 1. The Hall–Kier alpha value is -1.62. The lowest BCUT2D eigenvalue weighted by Crippen LogP contribution is -2.43.